The number of nitrogens with zero attached hydrogens (tertiary/aromatic N) is 4. The summed E-state index contributed by atoms with van der Waals surface area (Å²) in [6.07, 6.45) is -1.67. The molecule has 5 nitrogen and oxygen atoms in total. The summed E-state index contributed by atoms with van der Waals surface area (Å²) in [6.45, 7) is 2.12. The molecule has 0 radical (unpaired) electrons. The van der Waals surface area contributed by atoms with Gasteiger partial charge in [0.1, 0.15) is 0 Å². The van der Waals surface area contributed by atoms with E-state index in [0.29, 0.717) is 5.82 Å². The van der Waals surface area contributed by atoms with Gasteiger partial charge in [-0.25, -0.2) is 0 Å². The topological polar surface area (TPSA) is 59.4 Å². The molecule has 0 fully saturated rings. The third kappa shape index (κ3) is 4.43. The number of fused-ring (bicyclic) bond motifs is 1. The lowest BCUT2D eigenvalue weighted by atomic mass is 9.97. The van der Waals surface area contributed by atoms with Gasteiger partial charge in [-0.1, -0.05) is 74.4 Å². The summed E-state index contributed by atoms with van der Waals surface area (Å²) in [6, 6.07) is 23.4. The summed E-state index contributed by atoms with van der Waals surface area (Å²) in [5.74, 6) is 0.483. The Hall–Kier alpha value is -3.94. The van der Waals surface area contributed by atoms with E-state index in [-0.39, 0.29) is 6.04 Å². The molecule has 1 atom stereocenters. The molecular weight excluding hydrogens is 451 g/mol. The number of para-hydroxylation sites is 1. The van der Waals surface area contributed by atoms with Crippen LogP contribution in [0.15, 0.2) is 78.9 Å². The molecule has 0 bridgehead atoms. The van der Waals surface area contributed by atoms with Crippen molar-refractivity contribution in [2.45, 2.75) is 38.4 Å². The highest BCUT2D eigenvalue weighted by Crippen LogP contribution is 2.40. The number of benzene rings is 3. The number of aromatic amines is 1. The van der Waals surface area contributed by atoms with Crippen LogP contribution in [0.4, 0.5) is 13.2 Å². The van der Waals surface area contributed by atoms with E-state index in [1.807, 2.05) is 36.4 Å². The van der Waals surface area contributed by atoms with Crippen LogP contribution >= 0.6 is 0 Å². The number of hydrogen-bond acceptors (Lipinski definition) is 3. The van der Waals surface area contributed by atoms with Crippen LogP contribution in [-0.2, 0) is 6.18 Å². The van der Waals surface area contributed by atoms with Gasteiger partial charge in [0.25, 0.3) is 0 Å². The number of hydrogen-bond donors (Lipinski definition) is 1. The lowest BCUT2D eigenvalue weighted by Crippen LogP contribution is -2.13. The number of unbranched alkanes of at least 4 members (excludes halogenated alkanes) is 1. The first kappa shape index (κ1) is 22.8. The van der Waals surface area contributed by atoms with Crippen molar-refractivity contribution in [2.24, 2.45) is 0 Å². The van der Waals surface area contributed by atoms with Crippen molar-refractivity contribution >= 4 is 10.9 Å². The standard InChI is InChI=1S/C27H24F3N5/c1-2-3-11-23(18-13-15-20(16-14-18)27(28,29)30)35-24-12-7-4-8-19(24)17-25(35)21-9-5-6-10-22(21)26-31-33-34-32-26/h4-10,12-17,23H,2-3,11H2,1H3,(H,31,32,33,34). The van der Waals surface area contributed by atoms with Crippen molar-refractivity contribution in [1.82, 2.24) is 25.2 Å². The Labute approximate surface area is 200 Å². The van der Waals surface area contributed by atoms with E-state index in [1.54, 1.807) is 12.1 Å². The number of alkyl halides is 3. The average molecular weight is 476 g/mol. The number of aromatic nitrogens is 5. The molecule has 0 aliphatic carbocycles. The second-order valence-corrected chi connectivity index (χ2v) is 8.52. The van der Waals surface area contributed by atoms with Gasteiger partial charge < -0.3 is 4.57 Å². The number of H-pyrrole nitrogens is 1. The quantitative estimate of drug-likeness (QED) is 0.269. The molecule has 0 saturated heterocycles. The molecule has 2 heterocycles. The van der Waals surface area contributed by atoms with Gasteiger partial charge in [-0.2, -0.15) is 18.4 Å². The Balaban J connectivity index is 1.73. The van der Waals surface area contributed by atoms with Crippen LogP contribution in [0.5, 0.6) is 0 Å². The molecule has 0 spiro atoms. The predicted molar refractivity (Wildman–Crippen MR) is 130 cm³/mol. The number of halogens is 3. The highest BCUT2D eigenvalue weighted by Gasteiger charge is 2.31. The highest BCUT2D eigenvalue weighted by molar-refractivity contribution is 5.90. The average Bonchev–Trinajstić information content (AvgIpc) is 3.53. The van der Waals surface area contributed by atoms with Crippen LogP contribution in [-0.4, -0.2) is 25.2 Å². The summed E-state index contributed by atoms with van der Waals surface area (Å²) < 4.78 is 42.0. The van der Waals surface area contributed by atoms with E-state index in [0.717, 1.165) is 52.5 Å². The normalized spacial score (nSPS) is 12.8. The van der Waals surface area contributed by atoms with Gasteiger partial charge in [0.15, 0.2) is 0 Å². The van der Waals surface area contributed by atoms with E-state index in [4.69, 9.17) is 0 Å². The third-order valence-corrected chi connectivity index (χ3v) is 6.30. The van der Waals surface area contributed by atoms with Gasteiger partial charge in [-0.05, 0) is 41.5 Å². The second kappa shape index (κ2) is 9.37. The van der Waals surface area contributed by atoms with Crippen LogP contribution in [0.3, 0.4) is 0 Å². The maximum atomic E-state index is 13.2. The zero-order chi connectivity index (χ0) is 24.4. The molecule has 178 valence electrons. The molecule has 0 amide bonds. The molecule has 3 aromatic carbocycles. The molecular formula is C27H24F3N5. The number of rotatable bonds is 7. The molecule has 1 N–H and O–H groups in total. The van der Waals surface area contributed by atoms with Crippen molar-refractivity contribution < 1.29 is 13.2 Å². The smallest absolute Gasteiger partial charge is 0.333 e. The minimum atomic E-state index is -4.37. The van der Waals surface area contributed by atoms with Crippen molar-refractivity contribution in [1.29, 1.82) is 0 Å². The van der Waals surface area contributed by atoms with E-state index < -0.39 is 11.7 Å². The Kier molecular flexibility index (Phi) is 6.11. The number of nitrogens with one attached hydrogen (secondary N) is 1. The Bertz CT molecular complexity index is 1420. The van der Waals surface area contributed by atoms with E-state index in [9.17, 15) is 13.2 Å². The van der Waals surface area contributed by atoms with Crippen LogP contribution in [0.1, 0.15) is 43.4 Å². The van der Waals surface area contributed by atoms with Crippen molar-refractivity contribution in [3.8, 4) is 22.6 Å². The SMILES string of the molecule is CCCCC(c1ccc(C(F)(F)F)cc1)n1c(-c2ccccc2-c2nn[nH]n2)cc2ccccc21. The zero-order valence-corrected chi connectivity index (χ0v) is 19.1. The maximum absolute atomic E-state index is 13.2. The first-order chi connectivity index (χ1) is 17.0. The van der Waals surface area contributed by atoms with Crippen molar-refractivity contribution in [3.63, 3.8) is 0 Å². The minimum Gasteiger partial charge on any atom is -0.333 e. The van der Waals surface area contributed by atoms with Gasteiger partial charge >= 0.3 is 6.18 Å². The monoisotopic (exact) mass is 475 g/mol. The van der Waals surface area contributed by atoms with Crippen LogP contribution in [0, 0.1) is 0 Å². The Morgan fingerprint density at radius 1 is 0.914 bits per heavy atom. The predicted octanol–water partition coefficient (Wildman–Crippen LogP) is 7.29. The van der Waals surface area contributed by atoms with E-state index in [1.165, 1.54) is 12.1 Å². The van der Waals surface area contributed by atoms with E-state index in [2.05, 4.69) is 50.3 Å². The molecule has 0 aliphatic rings. The van der Waals surface area contributed by atoms with Gasteiger partial charge in [-0.15, -0.1) is 10.2 Å². The molecule has 0 saturated carbocycles. The van der Waals surface area contributed by atoms with Gasteiger partial charge in [0, 0.05) is 22.0 Å². The maximum Gasteiger partial charge on any atom is 0.416 e. The summed E-state index contributed by atoms with van der Waals surface area (Å²) in [5.41, 5.74) is 3.92. The van der Waals surface area contributed by atoms with Crippen molar-refractivity contribution in [2.75, 3.05) is 0 Å². The fourth-order valence-corrected chi connectivity index (χ4v) is 4.63. The fourth-order valence-electron chi connectivity index (χ4n) is 4.63. The summed E-state index contributed by atoms with van der Waals surface area (Å²) in [7, 11) is 0. The zero-order valence-electron chi connectivity index (χ0n) is 19.1. The molecule has 35 heavy (non-hydrogen) atoms. The van der Waals surface area contributed by atoms with Crippen molar-refractivity contribution in [3.05, 3.63) is 90.0 Å². The molecule has 5 aromatic rings. The van der Waals surface area contributed by atoms with Gasteiger partial charge in [0.05, 0.1) is 17.3 Å². The van der Waals surface area contributed by atoms with Gasteiger partial charge in [0.2, 0.25) is 5.82 Å². The Morgan fingerprint density at radius 3 is 2.31 bits per heavy atom. The molecule has 0 aliphatic heterocycles. The minimum absolute atomic E-state index is 0.148. The second-order valence-electron chi connectivity index (χ2n) is 8.52. The van der Waals surface area contributed by atoms with Gasteiger partial charge in [-0.3, -0.25) is 0 Å². The molecule has 1 unspecified atom stereocenters. The highest BCUT2D eigenvalue weighted by atomic mass is 19.4. The first-order valence-electron chi connectivity index (χ1n) is 11.6. The largest absolute Gasteiger partial charge is 0.416 e. The van der Waals surface area contributed by atoms with Crippen LogP contribution < -0.4 is 0 Å². The fraction of sp³-hybridized carbons (Fsp3) is 0.222. The van der Waals surface area contributed by atoms with E-state index >= 15 is 0 Å². The third-order valence-electron chi connectivity index (χ3n) is 6.30. The summed E-state index contributed by atoms with van der Waals surface area (Å²) in [4.78, 5) is 0. The lowest BCUT2D eigenvalue weighted by Gasteiger charge is -2.25. The van der Waals surface area contributed by atoms with Crippen LogP contribution in [0.25, 0.3) is 33.5 Å². The lowest BCUT2D eigenvalue weighted by molar-refractivity contribution is -0.137. The Morgan fingerprint density at radius 2 is 1.63 bits per heavy atom. The van der Waals surface area contributed by atoms with Crippen LogP contribution in [0.2, 0.25) is 0 Å². The first-order valence-corrected chi connectivity index (χ1v) is 11.6. The molecule has 5 rings (SSSR count). The number of tetrazole rings is 1. The molecule has 8 heteroatoms. The summed E-state index contributed by atoms with van der Waals surface area (Å²) in [5, 5.41) is 15.6. The molecule has 2 aromatic heterocycles. The summed E-state index contributed by atoms with van der Waals surface area (Å²) >= 11 is 0.